The number of hydrogen-bond donors (Lipinski definition) is 2. The molecule has 0 aliphatic heterocycles. The van der Waals surface area contributed by atoms with E-state index < -0.39 is 0 Å². The molecule has 4 heteroatoms. The molecule has 26 heavy (non-hydrogen) atoms. The molecule has 1 saturated carbocycles. The molecule has 2 aromatic rings. The van der Waals surface area contributed by atoms with E-state index in [1.807, 2.05) is 30.3 Å². The molecule has 1 unspecified atom stereocenters. The van der Waals surface area contributed by atoms with Gasteiger partial charge in [-0.15, -0.1) is 0 Å². The zero-order valence-electron chi connectivity index (χ0n) is 15.4. The van der Waals surface area contributed by atoms with Gasteiger partial charge in [0.15, 0.2) is 0 Å². The third-order valence-corrected chi connectivity index (χ3v) is 5.06. The van der Waals surface area contributed by atoms with E-state index in [1.165, 1.54) is 24.8 Å². The van der Waals surface area contributed by atoms with Gasteiger partial charge < -0.3 is 15.4 Å². The van der Waals surface area contributed by atoms with Gasteiger partial charge in [0.25, 0.3) is 0 Å². The first kappa shape index (κ1) is 18.5. The molecule has 4 nitrogen and oxygen atoms in total. The van der Waals surface area contributed by atoms with Crippen molar-refractivity contribution >= 4 is 5.91 Å². The molecule has 138 valence electrons. The average molecular weight is 352 g/mol. The second kappa shape index (κ2) is 9.39. The Labute approximate surface area is 156 Å². The monoisotopic (exact) mass is 352 g/mol. The van der Waals surface area contributed by atoms with Crippen molar-refractivity contribution in [2.75, 3.05) is 13.7 Å². The summed E-state index contributed by atoms with van der Waals surface area (Å²) in [5.74, 6) is 1.71. The Hall–Kier alpha value is -2.33. The van der Waals surface area contributed by atoms with Gasteiger partial charge in [-0.3, -0.25) is 4.79 Å². The van der Waals surface area contributed by atoms with E-state index in [-0.39, 0.29) is 11.9 Å². The quantitative estimate of drug-likeness (QED) is 0.721. The van der Waals surface area contributed by atoms with Crippen LogP contribution in [-0.2, 0) is 11.3 Å². The molecule has 1 atom stereocenters. The molecule has 0 radical (unpaired) electrons. The molecule has 0 aromatic heterocycles. The summed E-state index contributed by atoms with van der Waals surface area (Å²) in [6.45, 7) is 1.54. The van der Waals surface area contributed by atoms with Crippen LogP contribution in [0, 0.1) is 5.92 Å². The van der Waals surface area contributed by atoms with Crippen molar-refractivity contribution < 1.29 is 9.53 Å². The summed E-state index contributed by atoms with van der Waals surface area (Å²) in [7, 11) is 1.67. The van der Waals surface area contributed by atoms with Crippen LogP contribution >= 0.6 is 0 Å². The molecule has 2 aromatic carbocycles. The minimum atomic E-state index is -0.00862. The molecule has 1 fully saturated rings. The van der Waals surface area contributed by atoms with Crippen molar-refractivity contribution in [1.29, 1.82) is 0 Å². The summed E-state index contributed by atoms with van der Waals surface area (Å²) >= 11 is 0. The molecule has 0 bridgehead atoms. The summed E-state index contributed by atoms with van der Waals surface area (Å²) in [4.78, 5) is 11.8. The summed E-state index contributed by atoms with van der Waals surface area (Å²) in [5.41, 5.74) is 2.30. The van der Waals surface area contributed by atoms with Crippen molar-refractivity contribution in [3.8, 4) is 5.75 Å². The first-order chi connectivity index (χ1) is 12.7. The molecule has 2 N–H and O–H groups in total. The second-order valence-corrected chi connectivity index (χ2v) is 6.97. The number of hydrogen-bond acceptors (Lipinski definition) is 3. The minimum absolute atomic E-state index is 0.00862. The smallest absolute Gasteiger partial charge is 0.221 e. The minimum Gasteiger partial charge on any atom is -0.493 e. The van der Waals surface area contributed by atoms with Crippen LogP contribution in [0.25, 0.3) is 0 Å². The van der Waals surface area contributed by atoms with E-state index in [4.69, 9.17) is 4.74 Å². The van der Waals surface area contributed by atoms with Crippen molar-refractivity contribution in [2.24, 2.45) is 5.92 Å². The Bertz CT molecular complexity index is 681. The van der Waals surface area contributed by atoms with Gasteiger partial charge in [-0.1, -0.05) is 48.9 Å². The highest BCUT2D eigenvalue weighted by atomic mass is 16.5. The Morgan fingerprint density at radius 2 is 1.85 bits per heavy atom. The fourth-order valence-corrected chi connectivity index (χ4v) is 3.10. The van der Waals surface area contributed by atoms with Gasteiger partial charge in [-0.25, -0.2) is 0 Å². The van der Waals surface area contributed by atoms with Gasteiger partial charge >= 0.3 is 0 Å². The number of benzene rings is 2. The Morgan fingerprint density at radius 1 is 1.12 bits per heavy atom. The summed E-state index contributed by atoms with van der Waals surface area (Å²) < 4.78 is 5.85. The lowest BCUT2D eigenvalue weighted by molar-refractivity contribution is -0.121. The highest BCUT2D eigenvalue weighted by Crippen LogP contribution is 2.27. The molecule has 0 heterocycles. The van der Waals surface area contributed by atoms with Crippen LogP contribution < -0.4 is 15.4 Å². The predicted octanol–water partition coefficient (Wildman–Crippen LogP) is 3.83. The van der Waals surface area contributed by atoms with Gasteiger partial charge in [0.05, 0.1) is 6.61 Å². The third kappa shape index (κ3) is 5.33. The summed E-state index contributed by atoms with van der Waals surface area (Å²) in [5, 5.41) is 6.21. The number of ether oxygens (including phenoxy) is 1. The predicted molar refractivity (Wildman–Crippen MR) is 104 cm³/mol. The molecule has 0 saturated heterocycles. The zero-order valence-corrected chi connectivity index (χ0v) is 15.4. The van der Waals surface area contributed by atoms with E-state index in [0.717, 1.165) is 23.8 Å². The Kier molecular flexibility index (Phi) is 6.67. The number of nitrogens with one attached hydrogen (secondary N) is 2. The molecular weight excluding hydrogens is 324 g/mol. The van der Waals surface area contributed by atoms with Crippen molar-refractivity contribution in [2.45, 2.75) is 38.3 Å². The molecule has 3 rings (SSSR count). The van der Waals surface area contributed by atoms with E-state index in [9.17, 15) is 4.79 Å². The fraction of sp³-hybridized carbons (Fsp3) is 0.409. The van der Waals surface area contributed by atoms with E-state index in [2.05, 4.69) is 34.9 Å². The van der Waals surface area contributed by atoms with Crippen LogP contribution in [-0.4, -0.2) is 19.6 Å². The molecule has 1 aliphatic carbocycles. The van der Waals surface area contributed by atoms with Crippen molar-refractivity contribution in [3.05, 3.63) is 65.7 Å². The van der Waals surface area contributed by atoms with Gasteiger partial charge in [0, 0.05) is 26.1 Å². The maximum absolute atomic E-state index is 11.8. The van der Waals surface area contributed by atoms with Crippen LogP contribution in [0.2, 0.25) is 0 Å². The maximum Gasteiger partial charge on any atom is 0.221 e. The normalized spacial score (nSPS) is 15.1. The van der Waals surface area contributed by atoms with E-state index >= 15 is 0 Å². The summed E-state index contributed by atoms with van der Waals surface area (Å²) in [6, 6.07) is 18.3. The molecule has 1 aliphatic rings. The second-order valence-electron chi connectivity index (χ2n) is 6.97. The Morgan fingerprint density at radius 3 is 2.46 bits per heavy atom. The van der Waals surface area contributed by atoms with Gasteiger partial charge in [0.2, 0.25) is 5.91 Å². The maximum atomic E-state index is 11.8. The first-order valence-corrected chi connectivity index (χ1v) is 9.45. The fourth-order valence-electron chi connectivity index (χ4n) is 3.10. The van der Waals surface area contributed by atoms with Crippen LogP contribution in [0.15, 0.2) is 54.6 Å². The van der Waals surface area contributed by atoms with Crippen molar-refractivity contribution in [3.63, 3.8) is 0 Å². The lowest BCUT2D eigenvalue weighted by atomic mass is 9.86. The average Bonchev–Trinajstić information content (AvgIpc) is 2.65. The number of rotatable bonds is 9. The third-order valence-electron chi connectivity index (χ3n) is 5.06. The summed E-state index contributed by atoms with van der Waals surface area (Å²) in [6.07, 6.45) is 4.36. The number of carbonyl (C=O) groups excluding carboxylic acids is 1. The number of amides is 1. The van der Waals surface area contributed by atoms with Gasteiger partial charge in [-0.05, 0) is 42.0 Å². The SMILES string of the molecule is CNC(=O)CC(NCc1ccc(OCC2CCC2)cc1)c1ccccc1. The van der Waals surface area contributed by atoms with Crippen LogP contribution in [0.1, 0.15) is 42.9 Å². The lowest BCUT2D eigenvalue weighted by Gasteiger charge is -2.25. The van der Waals surface area contributed by atoms with Crippen LogP contribution in [0.4, 0.5) is 0 Å². The van der Waals surface area contributed by atoms with E-state index in [0.29, 0.717) is 13.0 Å². The molecular formula is C22H28N2O2. The van der Waals surface area contributed by atoms with Crippen molar-refractivity contribution in [1.82, 2.24) is 10.6 Å². The standard InChI is InChI=1S/C22H28N2O2/c1-23-22(25)14-21(19-8-3-2-4-9-19)24-15-17-10-12-20(13-11-17)26-16-18-6-5-7-18/h2-4,8-13,18,21,24H,5-7,14-16H2,1H3,(H,23,25). The van der Waals surface area contributed by atoms with E-state index in [1.54, 1.807) is 7.05 Å². The highest BCUT2D eigenvalue weighted by Gasteiger charge is 2.18. The van der Waals surface area contributed by atoms with Crippen LogP contribution in [0.5, 0.6) is 5.75 Å². The van der Waals surface area contributed by atoms with Gasteiger partial charge in [-0.2, -0.15) is 0 Å². The molecule has 1 amide bonds. The number of carbonyl (C=O) groups is 1. The zero-order chi connectivity index (χ0) is 18.2. The largest absolute Gasteiger partial charge is 0.493 e. The van der Waals surface area contributed by atoms with Gasteiger partial charge in [0.1, 0.15) is 5.75 Å². The first-order valence-electron chi connectivity index (χ1n) is 9.45. The van der Waals surface area contributed by atoms with Crippen LogP contribution in [0.3, 0.4) is 0 Å². The highest BCUT2D eigenvalue weighted by molar-refractivity contribution is 5.76. The topological polar surface area (TPSA) is 50.4 Å². The molecule has 0 spiro atoms. The lowest BCUT2D eigenvalue weighted by Crippen LogP contribution is -2.28. The Balaban J connectivity index is 1.54.